The fourth-order valence-electron chi connectivity index (χ4n) is 2.01. The lowest BCUT2D eigenvalue weighted by Gasteiger charge is -2.06. The van der Waals surface area contributed by atoms with Crippen molar-refractivity contribution in [2.24, 2.45) is 0 Å². The number of amides is 1. The fourth-order valence-corrected chi connectivity index (χ4v) is 2.74. The van der Waals surface area contributed by atoms with Crippen molar-refractivity contribution in [1.29, 1.82) is 0 Å². The molecule has 0 bridgehead atoms. The third kappa shape index (κ3) is 3.04. The number of hydrogen-bond donors (Lipinski definition) is 1. The highest BCUT2D eigenvalue weighted by molar-refractivity contribution is 7.13. The van der Waals surface area contributed by atoms with Gasteiger partial charge in [0.1, 0.15) is 0 Å². The number of benzene rings is 2. The average Bonchev–Trinajstić information content (AvgIpc) is 3.05. The monoisotopic (exact) mass is 315 g/mol. The molecule has 1 heterocycles. The van der Waals surface area contributed by atoms with Gasteiger partial charge in [-0.25, -0.2) is 8.78 Å². The van der Waals surface area contributed by atoms with Gasteiger partial charge in [-0.1, -0.05) is 18.2 Å². The quantitative estimate of drug-likeness (QED) is 0.728. The van der Waals surface area contributed by atoms with Gasteiger partial charge >= 0.3 is 0 Å². The summed E-state index contributed by atoms with van der Waals surface area (Å²) in [6.45, 7) is 0. The maximum Gasteiger partial charge on any atom is 0.255 e. The van der Waals surface area contributed by atoms with Gasteiger partial charge in [-0.2, -0.15) is 0 Å². The van der Waals surface area contributed by atoms with Gasteiger partial charge < -0.3 is 5.32 Å². The molecule has 0 aliphatic carbocycles. The molecule has 0 radical (unpaired) electrons. The summed E-state index contributed by atoms with van der Waals surface area (Å²) in [6, 6.07) is 14.3. The minimum Gasteiger partial charge on any atom is -0.322 e. The fraction of sp³-hybridized carbons (Fsp3) is 0. The normalized spacial score (nSPS) is 10.5. The van der Waals surface area contributed by atoms with E-state index in [0.29, 0.717) is 5.56 Å². The molecular formula is C17H11F2NOS. The molecule has 0 saturated heterocycles. The third-order valence-corrected chi connectivity index (χ3v) is 4.05. The van der Waals surface area contributed by atoms with Gasteiger partial charge in [0.2, 0.25) is 0 Å². The zero-order valence-corrected chi connectivity index (χ0v) is 12.2. The van der Waals surface area contributed by atoms with E-state index in [1.165, 1.54) is 6.07 Å². The number of anilines is 1. The van der Waals surface area contributed by atoms with Crippen molar-refractivity contribution in [2.75, 3.05) is 5.32 Å². The second kappa shape index (κ2) is 6.07. The molecular weight excluding hydrogens is 304 g/mol. The second-order valence-electron chi connectivity index (χ2n) is 4.64. The van der Waals surface area contributed by atoms with Crippen molar-refractivity contribution in [3.05, 3.63) is 77.2 Å². The highest BCUT2D eigenvalue weighted by Gasteiger charge is 2.09. The lowest BCUT2D eigenvalue weighted by Crippen LogP contribution is -2.12. The second-order valence-corrected chi connectivity index (χ2v) is 5.59. The maximum atomic E-state index is 13.1. The Morgan fingerprint density at radius 1 is 0.955 bits per heavy atom. The molecule has 0 saturated carbocycles. The number of thiophene rings is 1. The highest BCUT2D eigenvalue weighted by atomic mass is 32.1. The van der Waals surface area contributed by atoms with E-state index in [9.17, 15) is 13.6 Å². The predicted molar refractivity (Wildman–Crippen MR) is 84.1 cm³/mol. The lowest BCUT2D eigenvalue weighted by atomic mass is 10.1. The Labute approximate surface area is 130 Å². The molecule has 110 valence electrons. The highest BCUT2D eigenvalue weighted by Crippen LogP contribution is 2.25. The van der Waals surface area contributed by atoms with Crippen LogP contribution in [0.3, 0.4) is 0 Å². The molecule has 0 spiro atoms. The SMILES string of the molecule is O=C(Nc1ccc(F)c(F)c1)c1ccc(-c2cccs2)cc1. The minimum absolute atomic E-state index is 0.214. The molecule has 0 atom stereocenters. The molecule has 2 aromatic carbocycles. The van der Waals surface area contributed by atoms with Gasteiger partial charge in [-0.3, -0.25) is 4.79 Å². The van der Waals surface area contributed by atoms with Gasteiger partial charge in [-0.15, -0.1) is 11.3 Å². The van der Waals surface area contributed by atoms with Crippen LogP contribution in [0.1, 0.15) is 10.4 Å². The molecule has 3 aromatic rings. The summed E-state index contributed by atoms with van der Waals surface area (Å²) in [5, 5.41) is 4.52. The van der Waals surface area contributed by atoms with Crippen LogP contribution in [-0.2, 0) is 0 Å². The summed E-state index contributed by atoms with van der Waals surface area (Å²) >= 11 is 1.62. The summed E-state index contributed by atoms with van der Waals surface area (Å²) in [4.78, 5) is 13.2. The van der Waals surface area contributed by atoms with Crippen LogP contribution in [0.25, 0.3) is 10.4 Å². The van der Waals surface area contributed by atoms with Crippen LogP contribution in [-0.4, -0.2) is 5.91 Å². The number of carbonyl (C=O) groups excluding carboxylic acids is 1. The van der Waals surface area contributed by atoms with E-state index in [1.807, 2.05) is 29.6 Å². The first-order valence-electron chi connectivity index (χ1n) is 6.54. The van der Waals surface area contributed by atoms with E-state index in [1.54, 1.807) is 23.5 Å². The van der Waals surface area contributed by atoms with Crippen LogP contribution >= 0.6 is 11.3 Å². The van der Waals surface area contributed by atoms with Crippen LogP contribution in [0.15, 0.2) is 60.0 Å². The summed E-state index contributed by atoms with van der Waals surface area (Å²) < 4.78 is 26.0. The van der Waals surface area contributed by atoms with Gasteiger partial charge in [0, 0.05) is 22.2 Å². The van der Waals surface area contributed by atoms with Crippen molar-refractivity contribution in [1.82, 2.24) is 0 Å². The van der Waals surface area contributed by atoms with E-state index in [4.69, 9.17) is 0 Å². The number of rotatable bonds is 3. The molecule has 1 amide bonds. The van der Waals surface area contributed by atoms with E-state index >= 15 is 0 Å². The smallest absolute Gasteiger partial charge is 0.255 e. The van der Waals surface area contributed by atoms with E-state index in [0.717, 1.165) is 22.6 Å². The topological polar surface area (TPSA) is 29.1 Å². The Balaban J connectivity index is 1.76. The van der Waals surface area contributed by atoms with Crippen molar-refractivity contribution in [3.8, 4) is 10.4 Å². The molecule has 22 heavy (non-hydrogen) atoms. The molecule has 1 N–H and O–H groups in total. The van der Waals surface area contributed by atoms with Crippen LogP contribution in [0.5, 0.6) is 0 Å². The number of halogens is 2. The van der Waals surface area contributed by atoms with E-state index < -0.39 is 11.6 Å². The molecule has 2 nitrogen and oxygen atoms in total. The van der Waals surface area contributed by atoms with Gasteiger partial charge in [0.05, 0.1) is 0 Å². The summed E-state index contributed by atoms with van der Waals surface area (Å²) in [6.07, 6.45) is 0. The van der Waals surface area contributed by atoms with Gasteiger partial charge in [-0.05, 0) is 41.3 Å². The molecule has 0 aliphatic heterocycles. The molecule has 0 unspecified atom stereocenters. The Bertz CT molecular complexity index is 798. The van der Waals surface area contributed by atoms with Crippen LogP contribution in [0.4, 0.5) is 14.5 Å². The molecule has 0 fully saturated rings. The van der Waals surface area contributed by atoms with Crippen LogP contribution in [0.2, 0.25) is 0 Å². The zero-order chi connectivity index (χ0) is 15.5. The third-order valence-electron chi connectivity index (χ3n) is 3.13. The van der Waals surface area contributed by atoms with Crippen LogP contribution in [0, 0.1) is 11.6 Å². The summed E-state index contributed by atoms with van der Waals surface area (Å²) in [5.74, 6) is -2.31. The standard InChI is InChI=1S/C17H11F2NOS/c18-14-8-7-13(10-15(14)19)20-17(21)12-5-3-11(4-6-12)16-2-1-9-22-16/h1-10H,(H,20,21). The van der Waals surface area contributed by atoms with Crippen molar-refractivity contribution in [2.45, 2.75) is 0 Å². The van der Waals surface area contributed by atoms with Crippen molar-refractivity contribution >= 4 is 22.9 Å². The predicted octanol–water partition coefficient (Wildman–Crippen LogP) is 4.95. The first-order valence-corrected chi connectivity index (χ1v) is 7.42. The Morgan fingerprint density at radius 3 is 2.36 bits per heavy atom. The maximum absolute atomic E-state index is 13.1. The zero-order valence-electron chi connectivity index (χ0n) is 11.3. The largest absolute Gasteiger partial charge is 0.322 e. The lowest BCUT2D eigenvalue weighted by molar-refractivity contribution is 0.102. The number of carbonyl (C=O) groups is 1. The summed E-state index contributed by atoms with van der Waals surface area (Å²) in [5.41, 5.74) is 1.69. The first kappa shape index (κ1) is 14.4. The Hall–Kier alpha value is -2.53. The van der Waals surface area contributed by atoms with Crippen molar-refractivity contribution in [3.63, 3.8) is 0 Å². The van der Waals surface area contributed by atoms with E-state index in [-0.39, 0.29) is 11.6 Å². The minimum atomic E-state index is -0.995. The summed E-state index contributed by atoms with van der Waals surface area (Å²) in [7, 11) is 0. The Kier molecular flexibility index (Phi) is 3.98. The first-order chi connectivity index (χ1) is 10.6. The molecule has 1 aromatic heterocycles. The number of nitrogens with one attached hydrogen (secondary N) is 1. The van der Waals surface area contributed by atoms with Gasteiger partial charge in [0.25, 0.3) is 5.91 Å². The average molecular weight is 315 g/mol. The van der Waals surface area contributed by atoms with Crippen LogP contribution < -0.4 is 5.32 Å². The molecule has 3 rings (SSSR count). The molecule has 5 heteroatoms. The van der Waals surface area contributed by atoms with Crippen molar-refractivity contribution < 1.29 is 13.6 Å². The molecule has 0 aliphatic rings. The number of hydrogen-bond acceptors (Lipinski definition) is 2. The Morgan fingerprint density at radius 2 is 1.73 bits per heavy atom. The van der Waals surface area contributed by atoms with E-state index in [2.05, 4.69) is 5.32 Å². The van der Waals surface area contributed by atoms with Gasteiger partial charge in [0.15, 0.2) is 11.6 Å².